The third-order valence-electron chi connectivity index (χ3n) is 5.89. The Bertz CT molecular complexity index is 819. The number of carbonyl (C=O) groups is 1. The van der Waals surface area contributed by atoms with Gasteiger partial charge in [0.2, 0.25) is 0 Å². The zero-order valence-electron chi connectivity index (χ0n) is 16.4. The highest BCUT2D eigenvalue weighted by molar-refractivity contribution is 6.05. The number of likely N-dealkylation sites (N-methyl/N-ethyl adjacent to an activating group) is 1. The normalized spacial score (nSPS) is 19.4. The predicted molar refractivity (Wildman–Crippen MR) is 105 cm³/mol. The van der Waals surface area contributed by atoms with E-state index >= 15 is 0 Å². The molecular weight excluding hydrogens is 340 g/mol. The summed E-state index contributed by atoms with van der Waals surface area (Å²) in [5.74, 6) is 0.443. The van der Waals surface area contributed by atoms with Crippen LogP contribution in [-0.2, 0) is 0 Å². The average Bonchev–Trinajstić information content (AvgIpc) is 3.44. The summed E-state index contributed by atoms with van der Waals surface area (Å²) in [6, 6.07) is 2.36. The monoisotopic (exact) mass is 370 g/mol. The fourth-order valence-corrected chi connectivity index (χ4v) is 4.24. The zero-order chi connectivity index (χ0) is 19.0. The van der Waals surface area contributed by atoms with Crippen LogP contribution in [0.25, 0.3) is 11.0 Å². The molecule has 1 amide bonds. The van der Waals surface area contributed by atoms with Crippen LogP contribution in [-0.4, -0.2) is 49.9 Å². The van der Waals surface area contributed by atoms with Gasteiger partial charge < -0.3 is 10.0 Å². The molecule has 0 saturated heterocycles. The molecule has 0 unspecified atom stereocenters. The molecule has 0 spiro atoms. The summed E-state index contributed by atoms with van der Waals surface area (Å²) in [6.45, 7) is 4.58. The van der Waals surface area contributed by atoms with Gasteiger partial charge in [0.05, 0.1) is 29.3 Å². The molecule has 1 N–H and O–H groups in total. The van der Waals surface area contributed by atoms with Gasteiger partial charge in [-0.3, -0.25) is 4.79 Å². The fraction of sp³-hybridized carbons (Fsp3) is 0.667. The van der Waals surface area contributed by atoms with Crippen LogP contribution in [0.2, 0.25) is 0 Å². The molecule has 0 aliphatic heterocycles. The maximum absolute atomic E-state index is 13.3. The van der Waals surface area contributed by atoms with Crippen molar-refractivity contribution < 1.29 is 9.90 Å². The van der Waals surface area contributed by atoms with Gasteiger partial charge in [0, 0.05) is 24.7 Å². The van der Waals surface area contributed by atoms with E-state index in [0.717, 1.165) is 42.4 Å². The number of amides is 1. The van der Waals surface area contributed by atoms with Crippen molar-refractivity contribution in [1.29, 1.82) is 0 Å². The van der Waals surface area contributed by atoms with Crippen LogP contribution in [0.1, 0.15) is 86.8 Å². The number of nitrogens with zero attached hydrogens (tertiary/aromatic N) is 4. The lowest BCUT2D eigenvalue weighted by molar-refractivity contribution is 0.0662. The fourth-order valence-electron chi connectivity index (χ4n) is 4.24. The van der Waals surface area contributed by atoms with Crippen molar-refractivity contribution in [2.24, 2.45) is 0 Å². The maximum atomic E-state index is 13.3. The van der Waals surface area contributed by atoms with Crippen molar-refractivity contribution in [3.05, 3.63) is 23.5 Å². The minimum absolute atomic E-state index is 0.0316. The third-order valence-corrected chi connectivity index (χ3v) is 5.89. The largest absolute Gasteiger partial charge is 0.392 e. The lowest BCUT2D eigenvalue weighted by Crippen LogP contribution is -2.36. The molecule has 4 rings (SSSR count). The van der Waals surface area contributed by atoms with Crippen molar-refractivity contribution in [3.63, 3.8) is 0 Å². The molecule has 0 bridgehead atoms. The zero-order valence-corrected chi connectivity index (χ0v) is 16.4. The molecule has 2 aliphatic carbocycles. The molecule has 146 valence electrons. The first-order chi connectivity index (χ1) is 13.1. The Labute approximate surface area is 160 Å². The summed E-state index contributed by atoms with van der Waals surface area (Å²) in [5, 5.41) is 15.3. The van der Waals surface area contributed by atoms with Crippen LogP contribution in [0.5, 0.6) is 0 Å². The predicted octanol–water partition coefficient (Wildman–Crippen LogP) is 3.66. The second-order valence-electron chi connectivity index (χ2n) is 8.18. The summed E-state index contributed by atoms with van der Waals surface area (Å²) in [7, 11) is 0. The number of hydrogen-bond acceptors (Lipinski definition) is 4. The second-order valence-corrected chi connectivity index (χ2v) is 8.18. The Morgan fingerprint density at radius 2 is 2.04 bits per heavy atom. The van der Waals surface area contributed by atoms with Crippen LogP contribution in [0.3, 0.4) is 0 Å². The molecule has 2 fully saturated rings. The summed E-state index contributed by atoms with van der Waals surface area (Å²) in [4.78, 5) is 19.9. The highest BCUT2D eigenvalue weighted by atomic mass is 16.3. The van der Waals surface area contributed by atoms with Crippen molar-refractivity contribution in [2.45, 2.75) is 76.9 Å². The Kier molecular flexibility index (Phi) is 5.17. The van der Waals surface area contributed by atoms with Gasteiger partial charge >= 0.3 is 0 Å². The van der Waals surface area contributed by atoms with Gasteiger partial charge in [0.15, 0.2) is 5.65 Å². The molecule has 2 aromatic rings. The first kappa shape index (κ1) is 18.4. The van der Waals surface area contributed by atoms with E-state index in [1.165, 1.54) is 19.3 Å². The molecule has 2 heterocycles. The van der Waals surface area contributed by atoms with Gasteiger partial charge in [0.25, 0.3) is 5.91 Å². The molecule has 2 aromatic heterocycles. The number of aliphatic hydroxyl groups is 1. The SMILES string of the molecule is CCN(C[C@@H](C)O)C(=O)c1cc(C2CC2)nc2c1cnn2C1CCCCC1. The molecule has 1 atom stereocenters. The molecule has 0 aromatic carbocycles. The highest BCUT2D eigenvalue weighted by Crippen LogP contribution is 2.41. The standard InChI is InChI=1S/C21H30N4O2/c1-3-24(13-14(2)26)21(27)17-11-19(15-9-10-15)23-20-18(17)12-22-25(20)16-7-5-4-6-8-16/h11-12,14-16,26H,3-10,13H2,1-2H3/t14-/m1/s1. The van der Waals surface area contributed by atoms with E-state index < -0.39 is 6.10 Å². The Hall–Kier alpha value is -1.95. The third kappa shape index (κ3) is 3.72. The second kappa shape index (κ2) is 7.58. The Morgan fingerprint density at radius 1 is 1.30 bits per heavy atom. The number of aliphatic hydroxyl groups excluding tert-OH is 1. The summed E-state index contributed by atoms with van der Waals surface area (Å²) >= 11 is 0. The Morgan fingerprint density at radius 3 is 2.67 bits per heavy atom. The minimum Gasteiger partial charge on any atom is -0.392 e. The molecule has 0 radical (unpaired) electrons. The number of hydrogen-bond donors (Lipinski definition) is 1. The molecule has 6 heteroatoms. The van der Waals surface area contributed by atoms with Crippen molar-refractivity contribution in [1.82, 2.24) is 19.7 Å². The van der Waals surface area contributed by atoms with Crippen LogP contribution in [0.4, 0.5) is 0 Å². The van der Waals surface area contributed by atoms with E-state index in [0.29, 0.717) is 30.6 Å². The highest BCUT2D eigenvalue weighted by Gasteiger charge is 2.30. The van der Waals surface area contributed by atoms with Crippen LogP contribution < -0.4 is 0 Å². The van der Waals surface area contributed by atoms with Crippen LogP contribution in [0.15, 0.2) is 12.3 Å². The summed E-state index contributed by atoms with van der Waals surface area (Å²) in [5.41, 5.74) is 2.57. The number of rotatable bonds is 6. The van der Waals surface area contributed by atoms with Crippen molar-refractivity contribution >= 4 is 16.9 Å². The first-order valence-electron chi connectivity index (χ1n) is 10.4. The van der Waals surface area contributed by atoms with E-state index in [4.69, 9.17) is 4.98 Å². The number of carbonyl (C=O) groups excluding carboxylic acids is 1. The molecule has 2 aliphatic rings. The molecule has 27 heavy (non-hydrogen) atoms. The maximum Gasteiger partial charge on any atom is 0.254 e. The number of pyridine rings is 1. The van der Waals surface area contributed by atoms with Crippen molar-refractivity contribution in [2.75, 3.05) is 13.1 Å². The van der Waals surface area contributed by atoms with E-state index in [2.05, 4.69) is 9.78 Å². The topological polar surface area (TPSA) is 71.2 Å². The number of aromatic nitrogens is 3. The van der Waals surface area contributed by atoms with Gasteiger partial charge in [-0.15, -0.1) is 0 Å². The van der Waals surface area contributed by atoms with Crippen LogP contribution in [0, 0.1) is 0 Å². The Balaban J connectivity index is 1.77. The van der Waals surface area contributed by atoms with Gasteiger partial charge in [-0.05, 0) is 45.6 Å². The van der Waals surface area contributed by atoms with Crippen LogP contribution >= 0.6 is 0 Å². The summed E-state index contributed by atoms with van der Waals surface area (Å²) < 4.78 is 2.07. The minimum atomic E-state index is -0.543. The van der Waals surface area contributed by atoms with Gasteiger partial charge in [-0.25, -0.2) is 9.67 Å². The lowest BCUT2D eigenvalue weighted by atomic mass is 9.95. The molecule has 2 saturated carbocycles. The lowest BCUT2D eigenvalue weighted by Gasteiger charge is -2.24. The smallest absolute Gasteiger partial charge is 0.254 e. The quantitative estimate of drug-likeness (QED) is 0.842. The van der Waals surface area contributed by atoms with E-state index in [1.54, 1.807) is 11.8 Å². The van der Waals surface area contributed by atoms with Crippen molar-refractivity contribution in [3.8, 4) is 0 Å². The first-order valence-corrected chi connectivity index (χ1v) is 10.4. The molecular formula is C21H30N4O2. The van der Waals surface area contributed by atoms with Gasteiger partial charge in [-0.1, -0.05) is 19.3 Å². The number of fused-ring (bicyclic) bond motifs is 1. The summed E-state index contributed by atoms with van der Waals surface area (Å²) in [6.07, 6.45) is 9.61. The van der Waals surface area contributed by atoms with Gasteiger partial charge in [-0.2, -0.15) is 5.10 Å². The van der Waals surface area contributed by atoms with E-state index in [1.807, 2.05) is 19.2 Å². The van der Waals surface area contributed by atoms with E-state index in [-0.39, 0.29) is 5.91 Å². The van der Waals surface area contributed by atoms with E-state index in [9.17, 15) is 9.90 Å². The van der Waals surface area contributed by atoms with Gasteiger partial charge in [0.1, 0.15) is 0 Å². The molecule has 6 nitrogen and oxygen atoms in total. The average molecular weight is 370 g/mol.